The lowest BCUT2D eigenvalue weighted by Crippen LogP contribution is -2.50. The minimum Gasteiger partial charge on any atom is -0.459 e. The number of carbonyl (C=O) groups is 1. The second-order valence-corrected chi connectivity index (χ2v) is 7.84. The Hall–Kier alpha value is -1.08. The topological polar surface area (TPSA) is 55.8 Å². The molecular weight excluding hydrogens is 361 g/mol. The lowest BCUT2D eigenvalue weighted by Gasteiger charge is -2.41. The van der Waals surface area contributed by atoms with Crippen LogP contribution in [0, 0.1) is 5.92 Å². The zero-order valence-corrected chi connectivity index (χ0v) is 16.8. The Morgan fingerprint density at radius 1 is 1.15 bits per heavy atom. The van der Waals surface area contributed by atoms with Crippen LogP contribution in [0.1, 0.15) is 72.6 Å². The van der Waals surface area contributed by atoms with Crippen molar-refractivity contribution < 1.29 is 32.5 Å². The Balaban J connectivity index is 2.82. The van der Waals surface area contributed by atoms with Crippen molar-refractivity contribution in [2.75, 3.05) is 6.61 Å². The van der Waals surface area contributed by atoms with Gasteiger partial charge >= 0.3 is 12.1 Å². The minimum absolute atomic E-state index is 0.0464. The van der Waals surface area contributed by atoms with E-state index in [2.05, 4.69) is 6.58 Å². The van der Waals surface area contributed by atoms with Gasteiger partial charge in [0.25, 0.3) is 0 Å². The van der Waals surface area contributed by atoms with E-state index in [1.54, 1.807) is 6.92 Å². The van der Waals surface area contributed by atoms with Gasteiger partial charge in [-0.05, 0) is 64.7 Å². The van der Waals surface area contributed by atoms with Crippen molar-refractivity contribution >= 4 is 5.97 Å². The quantitative estimate of drug-likeness (QED) is 0.360. The van der Waals surface area contributed by atoms with Crippen molar-refractivity contribution in [3.8, 4) is 0 Å². The summed E-state index contributed by atoms with van der Waals surface area (Å²) in [7, 11) is 0. The largest absolute Gasteiger partial charge is 0.459 e. The van der Waals surface area contributed by atoms with Gasteiger partial charge in [-0.2, -0.15) is 13.2 Å². The normalized spacial score (nSPS) is 24.0. The number of halogens is 3. The van der Waals surface area contributed by atoms with Gasteiger partial charge in [0.2, 0.25) is 0 Å². The molecule has 0 radical (unpaired) electrons. The Labute approximate surface area is 160 Å². The fourth-order valence-electron chi connectivity index (χ4n) is 3.68. The predicted octanol–water partition coefficient (Wildman–Crippen LogP) is 4.94. The van der Waals surface area contributed by atoms with Crippen LogP contribution < -0.4 is 0 Å². The van der Waals surface area contributed by atoms with Crippen LogP contribution in [0.2, 0.25) is 0 Å². The first-order valence-electron chi connectivity index (χ1n) is 9.68. The Bertz CT molecular complexity index is 510. The predicted molar refractivity (Wildman–Crippen MR) is 97.2 cm³/mol. The van der Waals surface area contributed by atoms with E-state index in [1.807, 2.05) is 13.8 Å². The van der Waals surface area contributed by atoms with E-state index in [4.69, 9.17) is 9.47 Å². The summed E-state index contributed by atoms with van der Waals surface area (Å²) in [5, 5.41) is 9.74. The van der Waals surface area contributed by atoms with Crippen molar-refractivity contribution in [1.82, 2.24) is 0 Å². The van der Waals surface area contributed by atoms with Gasteiger partial charge in [0, 0.05) is 5.57 Å². The number of hydrogen-bond acceptors (Lipinski definition) is 4. The molecule has 27 heavy (non-hydrogen) atoms. The molecular formula is C20H33F3O4. The summed E-state index contributed by atoms with van der Waals surface area (Å²) in [6, 6.07) is 0. The highest BCUT2D eigenvalue weighted by atomic mass is 19.4. The van der Waals surface area contributed by atoms with Crippen molar-refractivity contribution in [3.63, 3.8) is 0 Å². The maximum Gasteiger partial charge on any atom is 0.419 e. The van der Waals surface area contributed by atoms with Crippen LogP contribution >= 0.6 is 0 Å². The SMILES string of the molecule is C=C(C)C(=O)OC1CCCC(C(CC)(CC)OCC(C)(O)C(F)(F)F)CC1. The third kappa shape index (κ3) is 6.21. The maximum absolute atomic E-state index is 13.0. The van der Waals surface area contributed by atoms with Crippen LogP contribution in [-0.2, 0) is 14.3 Å². The molecule has 0 aromatic rings. The molecule has 1 aliphatic rings. The molecule has 1 saturated carbocycles. The van der Waals surface area contributed by atoms with E-state index in [-0.39, 0.29) is 12.0 Å². The number of ether oxygens (including phenoxy) is 2. The molecule has 0 aromatic carbocycles. The van der Waals surface area contributed by atoms with Gasteiger partial charge in [-0.3, -0.25) is 0 Å². The van der Waals surface area contributed by atoms with Gasteiger partial charge in [-0.15, -0.1) is 0 Å². The molecule has 3 atom stereocenters. The van der Waals surface area contributed by atoms with Crippen LogP contribution in [0.4, 0.5) is 13.2 Å². The molecule has 0 aliphatic heterocycles. The number of rotatable bonds is 8. The van der Waals surface area contributed by atoms with Gasteiger partial charge < -0.3 is 14.6 Å². The van der Waals surface area contributed by atoms with Gasteiger partial charge in [-0.25, -0.2) is 4.79 Å². The first-order chi connectivity index (χ1) is 12.4. The van der Waals surface area contributed by atoms with Gasteiger partial charge in [0.15, 0.2) is 5.60 Å². The first kappa shape index (κ1) is 24.0. The second kappa shape index (κ2) is 9.41. The third-order valence-corrected chi connectivity index (χ3v) is 5.73. The zero-order chi connectivity index (χ0) is 20.9. The van der Waals surface area contributed by atoms with E-state index in [0.717, 1.165) is 26.2 Å². The van der Waals surface area contributed by atoms with E-state index in [0.29, 0.717) is 31.3 Å². The highest BCUT2D eigenvalue weighted by Gasteiger charge is 2.52. The molecule has 1 N–H and O–H groups in total. The molecule has 0 aromatic heterocycles. The molecule has 158 valence electrons. The minimum atomic E-state index is -4.74. The molecule has 0 heterocycles. The molecule has 3 unspecified atom stereocenters. The second-order valence-electron chi connectivity index (χ2n) is 7.84. The number of carbonyl (C=O) groups excluding carboxylic acids is 1. The van der Waals surface area contributed by atoms with Gasteiger partial charge in [-0.1, -0.05) is 20.4 Å². The molecule has 0 saturated heterocycles. The maximum atomic E-state index is 13.0. The molecule has 1 aliphatic carbocycles. The summed E-state index contributed by atoms with van der Waals surface area (Å²) >= 11 is 0. The Morgan fingerprint density at radius 2 is 1.74 bits per heavy atom. The third-order valence-electron chi connectivity index (χ3n) is 5.73. The highest BCUT2D eigenvalue weighted by Crippen LogP contribution is 2.41. The summed E-state index contributed by atoms with van der Waals surface area (Å²) in [4.78, 5) is 11.7. The summed E-state index contributed by atoms with van der Waals surface area (Å²) in [5.41, 5.74) is -3.26. The molecule has 7 heteroatoms. The molecule has 0 amide bonds. The fourth-order valence-corrected chi connectivity index (χ4v) is 3.68. The molecule has 0 spiro atoms. The van der Waals surface area contributed by atoms with E-state index >= 15 is 0 Å². The first-order valence-corrected chi connectivity index (χ1v) is 9.68. The van der Waals surface area contributed by atoms with Crippen LogP contribution in [0.3, 0.4) is 0 Å². The van der Waals surface area contributed by atoms with Gasteiger partial charge in [0.05, 0.1) is 12.2 Å². The number of aliphatic hydroxyl groups is 1. The number of esters is 1. The lowest BCUT2D eigenvalue weighted by molar-refractivity contribution is -0.281. The van der Waals surface area contributed by atoms with Crippen LogP contribution in [0.15, 0.2) is 12.2 Å². The van der Waals surface area contributed by atoms with Crippen molar-refractivity contribution in [3.05, 3.63) is 12.2 Å². The van der Waals surface area contributed by atoms with Crippen LogP contribution in [0.5, 0.6) is 0 Å². The molecule has 1 rings (SSSR count). The average Bonchev–Trinajstić information content (AvgIpc) is 2.81. The standard InChI is InChI=1S/C20H33F3O4/c1-6-19(7-2,26-13-18(5,25)20(21,22)23)15-9-8-10-16(12-11-15)27-17(24)14(3)4/h15-16,25H,3,6-13H2,1-2,4-5H3. The molecule has 0 bridgehead atoms. The monoisotopic (exact) mass is 394 g/mol. The molecule has 1 fully saturated rings. The van der Waals surface area contributed by atoms with E-state index in [1.165, 1.54) is 0 Å². The van der Waals surface area contributed by atoms with Gasteiger partial charge in [0.1, 0.15) is 6.10 Å². The van der Waals surface area contributed by atoms with E-state index < -0.39 is 30.0 Å². The zero-order valence-electron chi connectivity index (χ0n) is 16.8. The van der Waals surface area contributed by atoms with Crippen LogP contribution in [0.25, 0.3) is 0 Å². The van der Waals surface area contributed by atoms with E-state index in [9.17, 15) is 23.1 Å². The average molecular weight is 394 g/mol. The Kier molecular flexibility index (Phi) is 8.35. The number of alkyl halides is 3. The lowest BCUT2D eigenvalue weighted by atomic mass is 9.78. The summed E-state index contributed by atoms with van der Waals surface area (Å²) in [6.45, 7) is 8.93. The summed E-state index contributed by atoms with van der Waals surface area (Å²) < 4.78 is 50.2. The summed E-state index contributed by atoms with van der Waals surface area (Å²) in [6.07, 6.45) is -0.184. The van der Waals surface area contributed by atoms with Crippen LogP contribution in [-0.4, -0.2) is 41.2 Å². The fraction of sp³-hybridized carbons (Fsp3) is 0.850. The van der Waals surface area contributed by atoms with Crippen molar-refractivity contribution in [1.29, 1.82) is 0 Å². The van der Waals surface area contributed by atoms with Crippen molar-refractivity contribution in [2.24, 2.45) is 5.92 Å². The highest BCUT2D eigenvalue weighted by molar-refractivity contribution is 5.87. The smallest absolute Gasteiger partial charge is 0.419 e. The number of hydrogen-bond donors (Lipinski definition) is 1. The summed E-state index contributed by atoms with van der Waals surface area (Å²) in [5.74, 6) is -0.363. The Morgan fingerprint density at radius 3 is 2.22 bits per heavy atom. The van der Waals surface area contributed by atoms with Crippen molar-refractivity contribution in [2.45, 2.75) is 96.1 Å². The molecule has 4 nitrogen and oxygen atoms in total.